The van der Waals surface area contributed by atoms with E-state index in [9.17, 15) is 9.90 Å². The number of carbonyl (C=O) groups is 1. The van der Waals surface area contributed by atoms with Crippen molar-refractivity contribution < 1.29 is 24.2 Å². The second-order valence-corrected chi connectivity index (χ2v) is 8.34. The predicted molar refractivity (Wildman–Crippen MR) is 140 cm³/mol. The topological polar surface area (TPSA) is 82.3 Å². The zero-order chi connectivity index (χ0) is 25.3. The molecule has 0 fully saturated rings. The second kappa shape index (κ2) is 12.0. The van der Waals surface area contributed by atoms with Crippen LogP contribution < -0.4 is 9.57 Å². The van der Waals surface area contributed by atoms with E-state index in [1.165, 1.54) is 0 Å². The maximum absolute atomic E-state index is 11.3. The van der Waals surface area contributed by atoms with E-state index >= 15 is 0 Å². The Balaban J connectivity index is 1.32. The van der Waals surface area contributed by atoms with Crippen molar-refractivity contribution in [2.24, 2.45) is 5.16 Å². The number of fused-ring (bicyclic) bond motifs is 1. The Bertz CT molecular complexity index is 1310. The average Bonchev–Trinajstić information content (AvgIpc) is 3.30. The maximum Gasteiger partial charge on any atom is 0.333 e. The fourth-order valence-corrected chi connectivity index (χ4v) is 3.89. The summed E-state index contributed by atoms with van der Waals surface area (Å²) in [5.74, 6) is 0.492. The summed E-state index contributed by atoms with van der Waals surface area (Å²) in [5, 5.41) is 14.6. The van der Waals surface area contributed by atoms with Crippen LogP contribution >= 0.6 is 0 Å². The van der Waals surface area contributed by atoms with Crippen LogP contribution in [0.15, 0.2) is 90.2 Å². The van der Waals surface area contributed by atoms with Gasteiger partial charge >= 0.3 is 5.97 Å². The summed E-state index contributed by atoms with van der Waals surface area (Å²) in [5.41, 5.74) is 3.81. The molecule has 1 heterocycles. The first-order valence-electron chi connectivity index (χ1n) is 12.0. The van der Waals surface area contributed by atoms with Crippen molar-refractivity contribution in [1.82, 2.24) is 4.57 Å². The molecule has 7 nitrogen and oxygen atoms in total. The van der Waals surface area contributed by atoms with Gasteiger partial charge in [-0.2, -0.15) is 0 Å². The fraction of sp³-hybridized carbons (Fsp3) is 0.241. The summed E-state index contributed by atoms with van der Waals surface area (Å²) < 4.78 is 13.4. The molecule has 1 unspecified atom stereocenters. The van der Waals surface area contributed by atoms with Crippen LogP contribution in [0.2, 0.25) is 0 Å². The lowest BCUT2D eigenvalue weighted by Gasteiger charge is -2.13. The molecule has 0 saturated carbocycles. The van der Waals surface area contributed by atoms with E-state index in [2.05, 4.69) is 27.9 Å². The number of hydrogen-bond acceptors (Lipinski definition) is 5. The smallest absolute Gasteiger partial charge is 0.333 e. The van der Waals surface area contributed by atoms with Crippen LogP contribution in [-0.4, -0.2) is 40.7 Å². The minimum Gasteiger partial charge on any atom is -0.492 e. The van der Waals surface area contributed by atoms with Gasteiger partial charge in [0.1, 0.15) is 12.4 Å². The molecule has 3 aromatic carbocycles. The van der Waals surface area contributed by atoms with Gasteiger partial charge < -0.3 is 24.0 Å². The summed E-state index contributed by atoms with van der Waals surface area (Å²) in [6.45, 7) is 5.28. The molecule has 1 aromatic heterocycles. The normalized spacial score (nSPS) is 12.4. The van der Waals surface area contributed by atoms with Crippen molar-refractivity contribution in [1.29, 1.82) is 0 Å². The van der Waals surface area contributed by atoms with Crippen molar-refractivity contribution in [3.8, 4) is 11.5 Å². The fourth-order valence-electron chi connectivity index (χ4n) is 3.89. The number of carboxylic acid groups (broad SMARTS) is 1. The Morgan fingerprint density at radius 3 is 2.50 bits per heavy atom. The summed E-state index contributed by atoms with van der Waals surface area (Å²) in [6, 6.07) is 25.3. The predicted octanol–water partition coefficient (Wildman–Crippen LogP) is 5.56. The van der Waals surface area contributed by atoms with Crippen LogP contribution in [0.3, 0.4) is 0 Å². The van der Waals surface area contributed by atoms with Gasteiger partial charge in [0.05, 0.1) is 12.3 Å². The van der Waals surface area contributed by atoms with Gasteiger partial charge in [0, 0.05) is 30.1 Å². The number of benzene rings is 3. The Labute approximate surface area is 210 Å². The van der Waals surface area contributed by atoms with Crippen LogP contribution in [0.25, 0.3) is 10.9 Å². The molecule has 7 heteroatoms. The van der Waals surface area contributed by atoms with Gasteiger partial charge in [-0.25, -0.2) is 4.79 Å². The van der Waals surface area contributed by atoms with Crippen molar-refractivity contribution in [2.75, 3.05) is 13.2 Å². The van der Waals surface area contributed by atoms with Crippen LogP contribution in [0.1, 0.15) is 25.0 Å². The van der Waals surface area contributed by atoms with Crippen molar-refractivity contribution in [2.45, 2.75) is 32.9 Å². The van der Waals surface area contributed by atoms with Gasteiger partial charge in [0.2, 0.25) is 0 Å². The number of rotatable bonds is 12. The third-order valence-electron chi connectivity index (χ3n) is 5.81. The Hall–Kier alpha value is -4.10. The Kier molecular flexibility index (Phi) is 8.36. The van der Waals surface area contributed by atoms with Gasteiger partial charge in [-0.3, -0.25) is 0 Å². The highest BCUT2D eigenvalue weighted by Crippen LogP contribution is 2.20. The lowest BCUT2D eigenvalue weighted by Crippen LogP contribution is -2.26. The summed E-state index contributed by atoms with van der Waals surface area (Å²) in [7, 11) is 0. The summed E-state index contributed by atoms with van der Waals surface area (Å²) in [6.07, 6.45) is 1.53. The number of hydrogen-bond donors (Lipinski definition) is 1. The number of ether oxygens (including phenoxy) is 2. The summed E-state index contributed by atoms with van der Waals surface area (Å²) >= 11 is 0. The lowest BCUT2D eigenvalue weighted by atomic mass is 10.1. The van der Waals surface area contributed by atoms with Crippen LogP contribution in [0, 0.1) is 0 Å². The maximum atomic E-state index is 11.3. The highest BCUT2D eigenvalue weighted by molar-refractivity contribution is 6.01. The molecule has 1 N–H and O–H groups in total. The number of oxime groups is 1. The zero-order valence-corrected chi connectivity index (χ0v) is 20.5. The molecule has 0 aliphatic heterocycles. The average molecular weight is 487 g/mol. The van der Waals surface area contributed by atoms with Crippen LogP contribution in [-0.2, 0) is 22.5 Å². The standard InChI is InChI=1S/C29H30N2O5/c1-3-34-28(29(32)33)19-22-9-12-25(13-10-22)35-18-17-31-16-15-24-20-23(11-14-27(24)31)21(2)30-36-26-7-5-4-6-8-26/h4-16,20,28H,3,17-19H2,1-2H3,(H,32,33)/b30-21+. The lowest BCUT2D eigenvalue weighted by molar-refractivity contribution is -0.149. The van der Waals surface area contributed by atoms with Gasteiger partial charge in [-0.05, 0) is 67.4 Å². The third kappa shape index (κ3) is 6.52. The molecule has 0 aliphatic rings. The van der Waals surface area contributed by atoms with Gasteiger partial charge in [0.25, 0.3) is 0 Å². The third-order valence-corrected chi connectivity index (χ3v) is 5.81. The van der Waals surface area contributed by atoms with E-state index in [0.717, 1.165) is 33.5 Å². The number of nitrogens with zero attached hydrogens (tertiary/aromatic N) is 2. The molecule has 36 heavy (non-hydrogen) atoms. The molecule has 0 bridgehead atoms. The minimum atomic E-state index is -0.953. The van der Waals surface area contributed by atoms with E-state index in [0.29, 0.717) is 31.9 Å². The highest BCUT2D eigenvalue weighted by atomic mass is 16.6. The molecular weight excluding hydrogens is 456 g/mol. The van der Waals surface area contributed by atoms with Crippen molar-refractivity contribution in [3.05, 3.63) is 96.2 Å². The zero-order valence-electron chi connectivity index (χ0n) is 20.5. The number of aliphatic carboxylic acids is 1. The van der Waals surface area contributed by atoms with E-state index in [1.54, 1.807) is 6.92 Å². The molecule has 4 rings (SSSR count). The molecular formula is C29H30N2O5. The highest BCUT2D eigenvalue weighted by Gasteiger charge is 2.17. The van der Waals surface area contributed by atoms with Crippen LogP contribution in [0.4, 0.5) is 0 Å². The van der Waals surface area contributed by atoms with E-state index in [4.69, 9.17) is 14.3 Å². The largest absolute Gasteiger partial charge is 0.492 e. The van der Waals surface area contributed by atoms with Crippen molar-refractivity contribution >= 4 is 22.6 Å². The molecule has 186 valence electrons. The minimum absolute atomic E-state index is 0.323. The van der Waals surface area contributed by atoms with Crippen LogP contribution in [0.5, 0.6) is 11.5 Å². The Morgan fingerprint density at radius 1 is 1.00 bits per heavy atom. The van der Waals surface area contributed by atoms with E-state index < -0.39 is 12.1 Å². The van der Waals surface area contributed by atoms with Gasteiger partial charge in [-0.15, -0.1) is 0 Å². The first-order valence-corrected chi connectivity index (χ1v) is 12.0. The SMILES string of the molecule is CCOC(Cc1ccc(OCCn2ccc3cc(/C(C)=N/Oc4ccccc4)ccc32)cc1)C(=O)O. The first-order chi connectivity index (χ1) is 17.5. The van der Waals surface area contributed by atoms with E-state index in [-0.39, 0.29) is 0 Å². The van der Waals surface area contributed by atoms with Gasteiger partial charge in [-0.1, -0.05) is 41.6 Å². The Morgan fingerprint density at radius 2 is 1.78 bits per heavy atom. The molecule has 0 radical (unpaired) electrons. The first kappa shape index (κ1) is 25.0. The monoisotopic (exact) mass is 486 g/mol. The number of carboxylic acids is 1. The second-order valence-electron chi connectivity index (χ2n) is 8.34. The molecule has 1 atom stereocenters. The molecule has 0 amide bonds. The number of aromatic nitrogens is 1. The number of para-hydroxylation sites is 1. The molecule has 0 spiro atoms. The van der Waals surface area contributed by atoms with Gasteiger partial charge in [0.15, 0.2) is 11.9 Å². The quantitative estimate of drug-likeness (QED) is 0.210. The molecule has 4 aromatic rings. The van der Waals surface area contributed by atoms with E-state index in [1.807, 2.05) is 73.8 Å². The molecule has 0 aliphatic carbocycles. The summed E-state index contributed by atoms with van der Waals surface area (Å²) in [4.78, 5) is 16.8. The molecule has 0 saturated heterocycles. The van der Waals surface area contributed by atoms with Crippen molar-refractivity contribution in [3.63, 3.8) is 0 Å².